The van der Waals surface area contributed by atoms with Crippen molar-refractivity contribution in [3.05, 3.63) is 29.8 Å². The number of para-hydroxylation sites is 1. The molecule has 0 fully saturated rings. The van der Waals surface area contributed by atoms with E-state index in [2.05, 4.69) is 24.8 Å². The van der Waals surface area contributed by atoms with E-state index in [0.717, 1.165) is 31.9 Å². The maximum atomic E-state index is 6.07. The number of rotatable bonds is 9. The third-order valence-electron chi connectivity index (χ3n) is 3.91. The molecule has 114 valence electrons. The first kappa shape index (κ1) is 17.0. The highest BCUT2D eigenvalue weighted by atomic mass is 16.5. The molecule has 0 amide bonds. The Bertz CT molecular complexity index is 398. The Hall–Kier alpha value is -1.10. The highest BCUT2D eigenvalue weighted by Crippen LogP contribution is 2.26. The van der Waals surface area contributed by atoms with Crippen LogP contribution in [0.1, 0.15) is 19.4 Å². The second kappa shape index (κ2) is 8.25. The Kier molecular flexibility index (Phi) is 6.99. The highest BCUT2D eigenvalue weighted by Gasteiger charge is 2.30. The summed E-state index contributed by atoms with van der Waals surface area (Å²) < 4.78 is 10.6. The first-order chi connectivity index (χ1) is 9.61. The molecule has 0 radical (unpaired) electrons. The third-order valence-corrected chi connectivity index (χ3v) is 3.91. The Morgan fingerprint density at radius 1 is 1.25 bits per heavy atom. The van der Waals surface area contributed by atoms with Crippen LogP contribution in [0.2, 0.25) is 0 Å². The van der Waals surface area contributed by atoms with Gasteiger partial charge in [-0.1, -0.05) is 25.1 Å². The van der Waals surface area contributed by atoms with E-state index in [4.69, 9.17) is 15.2 Å². The van der Waals surface area contributed by atoms with Crippen LogP contribution in [0.3, 0.4) is 0 Å². The van der Waals surface area contributed by atoms with E-state index in [-0.39, 0.29) is 5.54 Å². The Morgan fingerprint density at radius 2 is 1.95 bits per heavy atom. The summed E-state index contributed by atoms with van der Waals surface area (Å²) in [5, 5.41) is 0. The van der Waals surface area contributed by atoms with Crippen molar-refractivity contribution in [3.8, 4) is 5.75 Å². The fraction of sp³-hybridized carbons (Fsp3) is 0.625. The summed E-state index contributed by atoms with van der Waals surface area (Å²) in [6.45, 7) is 7.52. The zero-order chi connectivity index (χ0) is 15.0. The van der Waals surface area contributed by atoms with Gasteiger partial charge in [-0.15, -0.1) is 0 Å². The molecule has 0 saturated carbocycles. The molecule has 1 aromatic carbocycles. The lowest BCUT2D eigenvalue weighted by molar-refractivity contribution is 0.0750. The van der Waals surface area contributed by atoms with Gasteiger partial charge in [-0.25, -0.2) is 0 Å². The monoisotopic (exact) mass is 280 g/mol. The molecule has 0 aliphatic carbocycles. The van der Waals surface area contributed by atoms with Gasteiger partial charge in [-0.2, -0.15) is 0 Å². The fourth-order valence-electron chi connectivity index (χ4n) is 2.58. The van der Waals surface area contributed by atoms with Crippen molar-refractivity contribution in [1.29, 1.82) is 0 Å². The Balaban J connectivity index is 2.92. The number of methoxy groups -OCH3 is 2. The van der Waals surface area contributed by atoms with Crippen LogP contribution in [0.4, 0.5) is 0 Å². The zero-order valence-corrected chi connectivity index (χ0v) is 13.2. The first-order valence-electron chi connectivity index (χ1n) is 7.17. The molecule has 0 aliphatic heterocycles. The van der Waals surface area contributed by atoms with E-state index >= 15 is 0 Å². The van der Waals surface area contributed by atoms with Crippen LogP contribution >= 0.6 is 0 Å². The fourth-order valence-corrected chi connectivity index (χ4v) is 2.58. The lowest BCUT2D eigenvalue weighted by Crippen LogP contribution is -2.54. The summed E-state index contributed by atoms with van der Waals surface area (Å²) in [5.41, 5.74) is 7.17. The van der Waals surface area contributed by atoms with Crippen molar-refractivity contribution < 1.29 is 9.47 Å². The second-order valence-corrected chi connectivity index (χ2v) is 5.26. The second-order valence-electron chi connectivity index (χ2n) is 5.26. The minimum Gasteiger partial charge on any atom is -0.496 e. The Morgan fingerprint density at radius 3 is 2.50 bits per heavy atom. The molecule has 1 aromatic rings. The van der Waals surface area contributed by atoms with E-state index in [1.165, 1.54) is 5.56 Å². The van der Waals surface area contributed by atoms with Gasteiger partial charge in [-0.3, -0.25) is 4.90 Å². The lowest BCUT2D eigenvalue weighted by atomic mass is 9.90. The molecule has 1 rings (SSSR count). The van der Waals surface area contributed by atoms with Crippen LogP contribution in [0.15, 0.2) is 24.3 Å². The van der Waals surface area contributed by atoms with Crippen LogP contribution in [-0.2, 0) is 11.2 Å². The molecule has 0 aliphatic rings. The van der Waals surface area contributed by atoms with Gasteiger partial charge < -0.3 is 15.2 Å². The first-order valence-corrected chi connectivity index (χ1v) is 7.17. The van der Waals surface area contributed by atoms with Crippen molar-refractivity contribution in [3.63, 3.8) is 0 Å². The highest BCUT2D eigenvalue weighted by molar-refractivity contribution is 5.34. The van der Waals surface area contributed by atoms with E-state index in [1.807, 2.05) is 18.2 Å². The average molecular weight is 280 g/mol. The van der Waals surface area contributed by atoms with Crippen LogP contribution in [0.5, 0.6) is 5.75 Å². The van der Waals surface area contributed by atoms with Crippen LogP contribution < -0.4 is 10.5 Å². The number of nitrogens with two attached hydrogens (primary N) is 1. The molecular weight excluding hydrogens is 252 g/mol. The summed E-state index contributed by atoms with van der Waals surface area (Å²) in [6, 6.07) is 8.14. The van der Waals surface area contributed by atoms with Crippen LogP contribution in [-0.4, -0.2) is 50.9 Å². The summed E-state index contributed by atoms with van der Waals surface area (Å²) in [6.07, 6.45) is 0.866. The molecule has 0 heterocycles. The molecular formula is C16H28N2O2. The van der Waals surface area contributed by atoms with Gasteiger partial charge in [0.05, 0.1) is 13.7 Å². The zero-order valence-electron chi connectivity index (χ0n) is 13.2. The van der Waals surface area contributed by atoms with E-state index in [9.17, 15) is 0 Å². The molecule has 1 atom stereocenters. The van der Waals surface area contributed by atoms with E-state index < -0.39 is 0 Å². The predicted octanol–water partition coefficient (Wildman–Crippen LogP) is 1.92. The molecule has 20 heavy (non-hydrogen) atoms. The van der Waals surface area contributed by atoms with Crippen molar-refractivity contribution in [2.75, 3.05) is 40.5 Å². The topological polar surface area (TPSA) is 47.7 Å². The van der Waals surface area contributed by atoms with Crippen molar-refractivity contribution in [2.45, 2.75) is 25.8 Å². The third kappa shape index (κ3) is 4.20. The smallest absolute Gasteiger partial charge is 0.122 e. The minimum absolute atomic E-state index is 0.0953. The van der Waals surface area contributed by atoms with Gasteiger partial charge in [0.2, 0.25) is 0 Å². The van der Waals surface area contributed by atoms with Crippen LogP contribution in [0, 0.1) is 0 Å². The number of benzene rings is 1. The normalized spacial score (nSPS) is 14.3. The molecule has 0 bridgehead atoms. The quantitative estimate of drug-likeness (QED) is 0.751. The van der Waals surface area contributed by atoms with Gasteiger partial charge in [0.15, 0.2) is 0 Å². The largest absolute Gasteiger partial charge is 0.496 e. The number of hydrogen-bond donors (Lipinski definition) is 1. The van der Waals surface area contributed by atoms with Gasteiger partial charge in [0.1, 0.15) is 5.75 Å². The molecule has 4 nitrogen and oxygen atoms in total. The summed E-state index contributed by atoms with van der Waals surface area (Å²) >= 11 is 0. The van der Waals surface area contributed by atoms with Crippen molar-refractivity contribution >= 4 is 0 Å². The van der Waals surface area contributed by atoms with Crippen LogP contribution in [0.25, 0.3) is 0 Å². The molecule has 4 heteroatoms. The van der Waals surface area contributed by atoms with Gasteiger partial charge in [0, 0.05) is 25.7 Å². The lowest BCUT2D eigenvalue weighted by Gasteiger charge is -2.40. The van der Waals surface area contributed by atoms with Gasteiger partial charge >= 0.3 is 0 Å². The van der Waals surface area contributed by atoms with E-state index in [0.29, 0.717) is 6.54 Å². The van der Waals surface area contributed by atoms with Crippen molar-refractivity contribution in [2.24, 2.45) is 5.73 Å². The summed E-state index contributed by atoms with van der Waals surface area (Å²) in [7, 11) is 3.44. The molecule has 2 N–H and O–H groups in total. The maximum Gasteiger partial charge on any atom is 0.122 e. The molecule has 0 saturated heterocycles. The molecule has 1 unspecified atom stereocenters. The molecule has 0 spiro atoms. The predicted molar refractivity (Wildman–Crippen MR) is 83.3 cm³/mol. The number of likely N-dealkylation sites (N-methyl/N-ethyl adjacent to an activating group) is 1. The number of ether oxygens (including phenoxy) is 2. The van der Waals surface area contributed by atoms with Gasteiger partial charge in [0.25, 0.3) is 0 Å². The number of nitrogens with zero attached hydrogens (tertiary/aromatic N) is 1. The SMILES string of the molecule is CCN(CCOC)C(C)(CN)Cc1ccccc1OC. The summed E-state index contributed by atoms with van der Waals surface area (Å²) in [4.78, 5) is 2.38. The average Bonchev–Trinajstić information content (AvgIpc) is 2.48. The van der Waals surface area contributed by atoms with Crippen molar-refractivity contribution in [1.82, 2.24) is 4.90 Å². The number of hydrogen-bond acceptors (Lipinski definition) is 4. The standard InChI is InChI=1S/C16H28N2O2/c1-5-18(10-11-19-3)16(2,13-17)12-14-8-6-7-9-15(14)20-4/h6-9H,5,10-13,17H2,1-4H3. The van der Waals surface area contributed by atoms with E-state index in [1.54, 1.807) is 14.2 Å². The maximum absolute atomic E-state index is 6.07. The Labute approximate surface area is 122 Å². The summed E-state index contributed by atoms with van der Waals surface area (Å²) in [5.74, 6) is 0.926. The molecule has 0 aromatic heterocycles. The minimum atomic E-state index is -0.0953. The van der Waals surface area contributed by atoms with Gasteiger partial charge in [-0.05, 0) is 31.5 Å².